The largest absolute Gasteiger partial charge is 0.319 e. The van der Waals surface area contributed by atoms with E-state index in [0.717, 1.165) is 9.64 Å². The van der Waals surface area contributed by atoms with Gasteiger partial charge in [0, 0.05) is 13.6 Å². The molecule has 6 heteroatoms. The molecule has 0 aromatic heterocycles. The Morgan fingerprint density at radius 2 is 1.74 bits per heavy atom. The van der Waals surface area contributed by atoms with Gasteiger partial charge in [-0.2, -0.15) is 0 Å². The van der Waals surface area contributed by atoms with E-state index in [2.05, 4.69) is 5.32 Å². The van der Waals surface area contributed by atoms with Crippen LogP contribution in [0.5, 0.6) is 0 Å². The third kappa shape index (κ3) is 3.58. The molecule has 1 amide bonds. The lowest BCUT2D eigenvalue weighted by molar-refractivity contribution is 0.102. The summed E-state index contributed by atoms with van der Waals surface area (Å²) in [7, 11) is 0. The minimum atomic E-state index is -0.585. The third-order valence-electron chi connectivity index (χ3n) is 2.35. The Balaban J connectivity index is 2.28. The zero-order valence-corrected chi connectivity index (χ0v) is 13.1. The van der Waals surface area contributed by atoms with Crippen LogP contribution in [0, 0.1) is 9.39 Å². The highest BCUT2D eigenvalue weighted by Crippen LogP contribution is 2.22. The van der Waals surface area contributed by atoms with Gasteiger partial charge in [0.25, 0.3) is 5.91 Å². The Labute approximate surface area is 133 Å². The van der Waals surface area contributed by atoms with E-state index in [1.54, 1.807) is 12.1 Å². The molecule has 0 aliphatic carbocycles. The van der Waals surface area contributed by atoms with Crippen molar-refractivity contribution in [2.75, 3.05) is 5.32 Å². The average molecular weight is 410 g/mol. The molecule has 0 aliphatic heterocycles. The quantitative estimate of drug-likeness (QED) is 0.695. The van der Waals surface area contributed by atoms with Crippen LogP contribution in [-0.4, -0.2) is 5.91 Å². The van der Waals surface area contributed by atoms with E-state index in [0.29, 0.717) is 10.6 Å². The summed E-state index contributed by atoms with van der Waals surface area (Å²) in [6.07, 6.45) is 0. The molecule has 0 heterocycles. The Morgan fingerprint density at radius 1 is 1.11 bits per heavy atom. The fourth-order valence-electron chi connectivity index (χ4n) is 1.45. The maximum atomic E-state index is 13.6. The number of nitrogens with one attached hydrogen (secondary N) is 1. The second-order valence-electron chi connectivity index (χ2n) is 3.70. The van der Waals surface area contributed by atoms with Gasteiger partial charge in [0.2, 0.25) is 0 Å². The first-order chi connectivity index (χ1) is 8.97. The molecule has 0 aliphatic rings. The van der Waals surface area contributed by atoms with Crippen molar-refractivity contribution in [2.45, 2.75) is 0 Å². The third-order valence-corrected chi connectivity index (χ3v) is 3.76. The van der Waals surface area contributed by atoms with Crippen molar-refractivity contribution < 1.29 is 9.18 Å². The van der Waals surface area contributed by atoms with Crippen molar-refractivity contribution in [1.82, 2.24) is 0 Å². The standard InChI is InChI=1S/C13H7Cl2FINO/c14-7-1-3-11(17)9(5-7)13(19)18-12-4-2-8(15)6-10(12)16/h1-6H,(H,18,19). The number of halogens is 4. The first kappa shape index (κ1) is 14.6. The molecule has 0 unspecified atom stereocenters. The van der Waals surface area contributed by atoms with Crippen molar-refractivity contribution in [1.29, 1.82) is 0 Å². The molecule has 2 aromatic carbocycles. The summed E-state index contributed by atoms with van der Waals surface area (Å²) < 4.78 is 14.3. The summed E-state index contributed by atoms with van der Waals surface area (Å²) in [5, 5.41) is 3.20. The van der Waals surface area contributed by atoms with Gasteiger partial charge >= 0.3 is 0 Å². The molecule has 98 valence electrons. The van der Waals surface area contributed by atoms with Gasteiger partial charge in [-0.15, -0.1) is 0 Å². The predicted molar refractivity (Wildman–Crippen MR) is 83.5 cm³/mol. The van der Waals surface area contributed by atoms with Crippen LogP contribution >= 0.6 is 45.8 Å². The second-order valence-corrected chi connectivity index (χ2v) is 5.74. The summed E-state index contributed by atoms with van der Waals surface area (Å²) in [6, 6.07) is 8.99. The molecular formula is C13H7Cl2FINO. The number of rotatable bonds is 2. The van der Waals surface area contributed by atoms with Crippen molar-refractivity contribution in [3.8, 4) is 0 Å². The van der Waals surface area contributed by atoms with Gasteiger partial charge in [0.15, 0.2) is 0 Å². The Hall–Kier alpha value is -0.850. The maximum absolute atomic E-state index is 13.6. The summed E-state index contributed by atoms with van der Waals surface area (Å²) in [5.74, 6) is -1.01. The molecule has 2 rings (SSSR count). The van der Waals surface area contributed by atoms with Gasteiger partial charge in [-0.3, -0.25) is 4.79 Å². The topological polar surface area (TPSA) is 29.1 Å². The number of hydrogen-bond donors (Lipinski definition) is 1. The van der Waals surface area contributed by atoms with Gasteiger partial charge in [-0.05, 0) is 59.0 Å². The first-order valence-corrected chi connectivity index (χ1v) is 7.02. The van der Waals surface area contributed by atoms with Crippen molar-refractivity contribution in [3.63, 3.8) is 0 Å². The molecule has 0 saturated carbocycles. The summed E-state index contributed by atoms with van der Waals surface area (Å²) in [5.41, 5.74) is 0.465. The monoisotopic (exact) mass is 409 g/mol. The number of amides is 1. The Morgan fingerprint density at radius 3 is 2.42 bits per heavy atom. The number of carbonyl (C=O) groups is 1. The minimum absolute atomic E-state index is 0.0742. The lowest BCUT2D eigenvalue weighted by Crippen LogP contribution is -2.14. The molecule has 0 bridgehead atoms. The van der Waals surface area contributed by atoms with Gasteiger partial charge in [0.05, 0.1) is 11.3 Å². The zero-order valence-electron chi connectivity index (χ0n) is 9.38. The average Bonchev–Trinajstić information content (AvgIpc) is 2.35. The first-order valence-electron chi connectivity index (χ1n) is 5.19. The number of hydrogen-bond acceptors (Lipinski definition) is 1. The second kappa shape index (κ2) is 6.07. The van der Waals surface area contributed by atoms with E-state index >= 15 is 0 Å². The van der Waals surface area contributed by atoms with Crippen LogP contribution in [-0.2, 0) is 0 Å². The highest BCUT2D eigenvalue weighted by molar-refractivity contribution is 14.1. The van der Waals surface area contributed by atoms with Crippen LogP contribution in [0.25, 0.3) is 0 Å². The van der Waals surface area contributed by atoms with Gasteiger partial charge in [0.1, 0.15) is 5.82 Å². The van der Waals surface area contributed by atoms with E-state index in [-0.39, 0.29) is 10.7 Å². The van der Waals surface area contributed by atoms with Crippen LogP contribution in [0.1, 0.15) is 10.4 Å². The predicted octanol–water partition coefficient (Wildman–Crippen LogP) is 4.99. The van der Waals surface area contributed by atoms with Crippen LogP contribution in [0.3, 0.4) is 0 Å². The molecule has 2 aromatic rings. The molecule has 0 radical (unpaired) electrons. The van der Waals surface area contributed by atoms with Crippen molar-refractivity contribution in [3.05, 3.63) is 61.4 Å². The SMILES string of the molecule is O=C(Nc1ccc(Cl)cc1F)c1cc(Cl)ccc1I. The number of carbonyl (C=O) groups excluding carboxylic acids is 1. The highest BCUT2D eigenvalue weighted by atomic mass is 127. The Kier molecular flexibility index (Phi) is 4.65. The van der Waals surface area contributed by atoms with Crippen molar-refractivity contribution >= 4 is 57.4 Å². The number of anilines is 1. The summed E-state index contributed by atoms with van der Waals surface area (Å²) >= 11 is 13.5. The smallest absolute Gasteiger partial charge is 0.256 e. The van der Waals surface area contributed by atoms with E-state index in [9.17, 15) is 9.18 Å². The van der Waals surface area contributed by atoms with Gasteiger partial charge in [-0.1, -0.05) is 23.2 Å². The molecule has 0 saturated heterocycles. The molecule has 19 heavy (non-hydrogen) atoms. The van der Waals surface area contributed by atoms with Crippen molar-refractivity contribution in [2.24, 2.45) is 0 Å². The molecule has 1 N–H and O–H groups in total. The fraction of sp³-hybridized carbons (Fsp3) is 0. The zero-order chi connectivity index (χ0) is 14.0. The van der Waals surface area contributed by atoms with E-state index in [1.165, 1.54) is 18.2 Å². The van der Waals surface area contributed by atoms with E-state index < -0.39 is 11.7 Å². The lowest BCUT2D eigenvalue weighted by Gasteiger charge is -2.08. The lowest BCUT2D eigenvalue weighted by atomic mass is 10.2. The summed E-state index contributed by atoms with van der Waals surface area (Å²) in [4.78, 5) is 12.1. The van der Waals surface area contributed by atoms with Crippen LogP contribution < -0.4 is 5.32 Å². The number of benzene rings is 2. The van der Waals surface area contributed by atoms with Crippen LogP contribution in [0.2, 0.25) is 10.0 Å². The van der Waals surface area contributed by atoms with Gasteiger partial charge < -0.3 is 5.32 Å². The van der Waals surface area contributed by atoms with E-state index in [4.69, 9.17) is 23.2 Å². The molecular weight excluding hydrogens is 403 g/mol. The molecule has 0 spiro atoms. The van der Waals surface area contributed by atoms with E-state index in [1.807, 2.05) is 22.6 Å². The highest BCUT2D eigenvalue weighted by Gasteiger charge is 2.13. The Bertz CT molecular complexity index is 649. The maximum Gasteiger partial charge on any atom is 0.256 e. The normalized spacial score (nSPS) is 10.3. The minimum Gasteiger partial charge on any atom is -0.319 e. The van der Waals surface area contributed by atoms with Crippen LogP contribution in [0.4, 0.5) is 10.1 Å². The molecule has 0 atom stereocenters. The molecule has 0 fully saturated rings. The van der Waals surface area contributed by atoms with Crippen LogP contribution in [0.15, 0.2) is 36.4 Å². The fourth-order valence-corrected chi connectivity index (χ4v) is 2.36. The molecule has 2 nitrogen and oxygen atoms in total. The summed E-state index contributed by atoms with van der Waals surface area (Å²) in [6.45, 7) is 0. The van der Waals surface area contributed by atoms with Gasteiger partial charge in [-0.25, -0.2) is 4.39 Å².